The predicted molar refractivity (Wildman–Crippen MR) is 72.1 cm³/mol. The monoisotopic (exact) mass is 249 g/mol. The van der Waals surface area contributed by atoms with E-state index < -0.39 is 5.97 Å². The van der Waals surface area contributed by atoms with Crippen molar-refractivity contribution >= 4 is 17.3 Å². The molecule has 1 fully saturated rings. The van der Waals surface area contributed by atoms with Crippen LogP contribution in [0, 0.1) is 6.92 Å². The lowest BCUT2D eigenvalue weighted by Crippen LogP contribution is -2.23. The van der Waals surface area contributed by atoms with E-state index in [4.69, 9.17) is 10.8 Å². The third-order valence-corrected chi connectivity index (χ3v) is 3.38. The molecule has 0 aromatic heterocycles. The number of anilines is 2. The van der Waals surface area contributed by atoms with Gasteiger partial charge in [0, 0.05) is 24.0 Å². The Morgan fingerprint density at radius 2 is 2.28 bits per heavy atom. The Bertz CT molecular complexity index is 474. The van der Waals surface area contributed by atoms with Gasteiger partial charge in [-0.3, -0.25) is 0 Å². The number of hydrogen-bond donors (Lipinski definition) is 3. The number of likely N-dealkylation sites (N-methyl/N-ethyl adjacent to an activating group) is 1. The number of nitrogens with one attached hydrogen (secondary N) is 1. The van der Waals surface area contributed by atoms with E-state index in [2.05, 4.69) is 17.3 Å². The summed E-state index contributed by atoms with van der Waals surface area (Å²) in [6, 6.07) is 3.89. The Labute approximate surface area is 107 Å². The summed E-state index contributed by atoms with van der Waals surface area (Å²) in [5.74, 6) is -0.984. The van der Waals surface area contributed by atoms with Crippen molar-refractivity contribution in [3.63, 3.8) is 0 Å². The maximum absolute atomic E-state index is 11.1. The Hall–Kier alpha value is -1.75. The Morgan fingerprint density at radius 3 is 2.83 bits per heavy atom. The maximum Gasteiger partial charge on any atom is 0.337 e. The first-order chi connectivity index (χ1) is 8.47. The fourth-order valence-corrected chi connectivity index (χ4v) is 2.35. The summed E-state index contributed by atoms with van der Waals surface area (Å²) in [4.78, 5) is 13.3. The number of carboxylic acid groups (broad SMARTS) is 1. The summed E-state index contributed by atoms with van der Waals surface area (Å²) in [7, 11) is 2.08. The molecule has 0 spiro atoms. The summed E-state index contributed by atoms with van der Waals surface area (Å²) >= 11 is 0. The summed E-state index contributed by atoms with van der Waals surface area (Å²) < 4.78 is 0. The van der Waals surface area contributed by atoms with Gasteiger partial charge in [0.1, 0.15) is 0 Å². The SMILES string of the molecule is Cc1cc(NC2CCN(C)C2)cc(C(=O)O)c1N. The van der Waals surface area contributed by atoms with Gasteiger partial charge in [-0.1, -0.05) is 0 Å². The molecule has 1 saturated heterocycles. The second kappa shape index (κ2) is 4.86. The van der Waals surface area contributed by atoms with Crippen LogP contribution in [0.15, 0.2) is 12.1 Å². The maximum atomic E-state index is 11.1. The highest BCUT2D eigenvalue weighted by atomic mass is 16.4. The van der Waals surface area contributed by atoms with Gasteiger partial charge >= 0.3 is 5.97 Å². The molecular formula is C13H19N3O2. The van der Waals surface area contributed by atoms with Crippen LogP contribution in [-0.2, 0) is 0 Å². The van der Waals surface area contributed by atoms with E-state index >= 15 is 0 Å². The summed E-state index contributed by atoms with van der Waals surface area (Å²) in [6.45, 7) is 3.87. The fraction of sp³-hybridized carbons (Fsp3) is 0.462. The fourth-order valence-electron chi connectivity index (χ4n) is 2.35. The van der Waals surface area contributed by atoms with Crippen LogP contribution in [0.3, 0.4) is 0 Å². The second-order valence-corrected chi connectivity index (χ2v) is 4.95. The summed E-state index contributed by atoms with van der Waals surface area (Å²) in [6.07, 6.45) is 1.07. The Kier molecular flexibility index (Phi) is 3.43. The molecule has 1 aliphatic heterocycles. The number of nitrogens with two attached hydrogens (primary N) is 1. The lowest BCUT2D eigenvalue weighted by atomic mass is 10.1. The number of aryl methyl sites for hydroxylation is 1. The first kappa shape index (κ1) is 12.7. The average molecular weight is 249 g/mol. The zero-order chi connectivity index (χ0) is 13.3. The molecule has 5 nitrogen and oxygen atoms in total. The van der Waals surface area contributed by atoms with E-state index in [9.17, 15) is 4.79 Å². The minimum Gasteiger partial charge on any atom is -0.478 e. The molecule has 4 N–H and O–H groups in total. The van der Waals surface area contributed by atoms with Gasteiger partial charge in [0.05, 0.1) is 5.56 Å². The lowest BCUT2D eigenvalue weighted by Gasteiger charge is -2.16. The minimum absolute atomic E-state index is 0.170. The van der Waals surface area contributed by atoms with Gasteiger partial charge in [-0.25, -0.2) is 4.79 Å². The van der Waals surface area contributed by atoms with E-state index in [0.29, 0.717) is 11.7 Å². The van der Waals surface area contributed by atoms with Gasteiger partial charge in [-0.2, -0.15) is 0 Å². The molecule has 18 heavy (non-hydrogen) atoms. The molecule has 1 unspecified atom stereocenters. The van der Waals surface area contributed by atoms with Crippen molar-refractivity contribution in [1.29, 1.82) is 0 Å². The average Bonchev–Trinajstić information content (AvgIpc) is 2.68. The van der Waals surface area contributed by atoms with Gasteiger partial charge in [0.25, 0.3) is 0 Å². The zero-order valence-electron chi connectivity index (χ0n) is 10.7. The molecule has 98 valence electrons. The second-order valence-electron chi connectivity index (χ2n) is 4.95. The highest BCUT2D eigenvalue weighted by molar-refractivity contribution is 5.95. The van der Waals surface area contributed by atoms with Crippen LogP contribution in [0.25, 0.3) is 0 Å². The standard InChI is InChI=1S/C13H19N3O2/c1-8-5-10(6-11(12(8)14)13(17)18)15-9-3-4-16(2)7-9/h5-6,9,15H,3-4,7,14H2,1-2H3,(H,17,18). The number of carbonyl (C=O) groups is 1. The highest BCUT2D eigenvalue weighted by Gasteiger charge is 2.20. The van der Waals surface area contributed by atoms with Gasteiger partial charge in [-0.05, 0) is 44.6 Å². The Balaban J connectivity index is 2.21. The van der Waals surface area contributed by atoms with Crippen LogP contribution in [0.2, 0.25) is 0 Å². The van der Waals surface area contributed by atoms with Gasteiger partial charge in [0.15, 0.2) is 0 Å². The zero-order valence-corrected chi connectivity index (χ0v) is 10.7. The van der Waals surface area contributed by atoms with Gasteiger partial charge < -0.3 is 21.1 Å². The van der Waals surface area contributed by atoms with E-state index in [1.54, 1.807) is 6.07 Å². The van der Waals surface area contributed by atoms with Crippen molar-refractivity contribution in [2.75, 3.05) is 31.2 Å². The molecule has 0 amide bonds. The van der Waals surface area contributed by atoms with Crippen molar-refractivity contribution in [3.05, 3.63) is 23.3 Å². The van der Waals surface area contributed by atoms with E-state index in [-0.39, 0.29) is 5.56 Å². The van der Waals surface area contributed by atoms with Crippen LogP contribution in [0.4, 0.5) is 11.4 Å². The van der Waals surface area contributed by atoms with Gasteiger partial charge in [-0.15, -0.1) is 0 Å². The smallest absolute Gasteiger partial charge is 0.337 e. The normalized spacial score (nSPS) is 20.0. The van der Waals surface area contributed by atoms with Crippen LogP contribution in [0.1, 0.15) is 22.3 Å². The van der Waals surface area contributed by atoms with Crippen molar-refractivity contribution in [2.24, 2.45) is 0 Å². The van der Waals surface area contributed by atoms with Crippen molar-refractivity contribution in [3.8, 4) is 0 Å². The topological polar surface area (TPSA) is 78.6 Å². The molecule has 0 aliphatic carbocycles. The number of nitrogens with zero attached hydrogens (tertiary/aromatic N) is 1. The van der Waals surface area contributed by atoms with Crippen LogP contribution < -0.4 is 11.1 Å². The number of aromatic carboxylic acids is 1. The molecule has 0 radical (unpaired) electrons. The molecule has 1 heterocycles. The van der Waals surface area contributed by atoms with E-state index in [0.717, 1.165) is 30.8 Å². The largest absolute Gasteiger partial charge is 0.478 e. The van der Waals surface area contributed by atoms with Crippen LogP contribution >= 0.6 is 0 Å². The lowest BCUT2D eigenvalue weighted by molar-refractivity contribution is 0.0698. The predicted octanol–water partition coefficient (Wildman–Crippen LogP) is 1.39. The molecule has 1 aliphatic rings. The molecule has 1 aromatic rings. The van der Waals surface area contributed by atoms with E-state index in [1.807, 2.05) is 13.0 Å². The number of rotatable bonds is 3. The quantitative estimate of drug-likeness (QED) is 0.706. The molecule has 0 bridgehead atoms. The van der Waals surface area contributed by atoms with Crippen LogP contribution in [-0.4, -0.2) is 42.2 Å². The van der Waals surface area contributed by atoms with Gasteiger partial charge in [0.2, 0.25) is 0 Å². The first-order valence-electron chi connectivity index (χ1n) is 6.06. The third-order valence-electron chi connectivity index (χ3n) is 3.38. The number of benzene rings is 1. The molecule has 0 saturated carbocycles. The summed E-state index contributed by atoms with van der Waals surface area (Å²) in [5, 5.41) is 12.5. The molecular weight excluding hydrogens is 230 g/mol. The number of likely N-dealkylation sites (tertiary alicyclic amines) is 1. The summed E-state index contributed by atoms with van der Waals surface area (Å²) in [5.41, 5.74) is 7.91. The first-order valence-corrected chi connectivity index (χ1v) is 6.06. The van der Waals surface area contributed by atoms with Crippen molar-refractivity contribution in [2.45, 2.75) is 19.4 Å². The van der Waals surface area contributed by atoms with Crippen LogP contribution in [0.5, 0.6) is 0 Å². The van der Waals surface area contributed by atoms with Crippen molar-refractivity contribution in [1.82, 2.24) is 4.90 Å². The molecule has 5 heteroatoms. The third kappa shape index (κ3) is 2.56. The number of nitrogen functional groups attached to an aromatic ring is 1. The minimum atomic E-state index is -0.984. The Morgan fingerprint density at radius 1 is 1.56 bits per heavy atom. The molecule has 1 atom stereocenters. The number of hydrogen-bond acceptors (Lipinski definition) is 4. The highest BCUT2D eigenvalue weighted by Crippen LogP contribution is 2.24. The molecule has 2 rings (SSSR count). The van der Waals surface area contributed by atoms with E-state index in [1.165, 1.54) is 0 Å². The number of carboxylic acids is 1. The van der Waals surface area contributed by atoms with Crippen molar-refractivity contribution < 1.29 is 9.90 Å². The molecule has 1 aromatic carbocycles.